The van der Waals surface area contributed by atoms with Crippen molar-refractivity contribution in [3.05, 3.63) is 54.4 Å². The van der Waals surface area contributed by atoms with Crippen LogP contribution in [0.3, 0.4) is 0 Å². The number of fused-ring (bicyclic) bond motifs is 2. The Bertz CT molecular complexity index is 1170. The van der Waals surface area contributed by atoms with Crippen LogP contribution in [0.25, 0.3) is 22.4 Å². The van der Waals surface area contributed by atoms with Crippen LogP contribution < -0.4 is 14.8 Å². The molecule has 0 atom stereocenters. The molecule has 0 saturated heterocycles. The van der Waals surface area contributed by atoms with E-state index in [-0.39, 0.29) is 17.0 Å². The second-order valence-corrected chi connectivity index (χ2v) is 6.08. The van der Waals surface area contributed by atoms with Crippen molar-refractivity contribution in [2.75, 3.05) is 18.5 Å². The predicted molar refractivity (Wildman–Crippen MR) is 95.7 cm³/mol. The molecule has 140 valence electrons. The first kappa shape index (κ1) is 16.4. The van der Waals surface area contributed by atoms with E-state index in [0.29, 0.717) is 41.6 Å². The number of nitrogens with zero attached hydrogens (tertiary/aromatic N) is 3. The smallest absolute Gasteiger partial charge is 0.263 e. The molecule has 1 N–H and O–H groups in total. The highest BCUT2D eigenvalue weighted by Gasteiger charge is 2.19. The zero-order chi connectivity index (χ0) is 19.1. The third-order valence-electron chi connectivity index (χ3n) is 4.21. The van der Waals surface area contributed by atoms with E-state index in [4.69, 9.17) is 14.0 Å². The quantitative estimate of drug-likeness (QED) is 0.572. The van der Waals surface area contributed by atoms with Crippen molar-refractivity contribution in [2.45, 2.75) is 0 Å². The summed E-state index contributed by atoms with van der Waals surface area (Å²) in [4.78, 5) is 8.27. The fourth-order valence-corrected chi connectivity index (χ4v) is 3.03. The van der Waals surface area contributed by atoms with Gasteiger partial charge in [-0.05, 0) is 24.3 Å². The van der Waals surface area contributed by atoms with Gasteiger partial charge in [-0.2, -0.15) is 4.98 Å². The number of ether oxygens (including phenoxy) is 2. The summed E-state index contributed by atoms with van der Waals surface area (Å²) < 4.78 is 43.6. The van der Waals surface area contributed by atoms with Crippen molar-refractivity contribution in [1.82, 2.24) is 15.1 Å². The molecule has 0 fully saturated rings. The van der Waals surface area contributed by atoms with Crippen molar-refractivity contribution in [2.24, 2.45) is 0 Å². The normalized spacial score (nSPS) is 12.9. The fourth-order valence-electron chi connectivity index (χ4n) is 3.03. The highest BCUT2D eigenvalue weighted by atomic mass is 19.1. The van der Waals surface area contributed by atoms with Gasteiger partial charge in [0.2, 0.25) is 0 Å². The van der Waals surface area contributed by atoms with Crippen LogP contribution in [0, 0.1) is 11.6 Å². The molecule has 0 saturated carbocycles. The SMILES string of the molecule is Fc1cc(F)cc(-c2noc3ncnc(Nc4ccc5c(c4)OCCO5)c23)c1. The minimum atomic E-state index is -0.718. The first-order valence-electron chi connectivity index (χ1n) is 8.41. The maximum Gasteiger partial charge on any atom is 0.263 e. The molecule has 1 aliphatic heterocycles. The molecule has 0 bridgehead atoms. The van der Waals surface area contributed by atoms with Gasteiger partial charge < -0.3 is 19.3 Å². The fraction of sp³-hybridized carbons (Fsp3) is 0.105. The molecule has 0 radical (unpaired) electrons. The van der Waals surface area contributed by atoms with E-state index in [1.165, 1.54) is 18.5 Å². The number of rotatable bonds is 3. The van der Waals surface area contributed by atoms with Gasteiger partial charge in [0.25, 0.3) is 5.71 Å². The predicted octanol–water partition coefficient (Wildman–Crippen LogP) is 4.08. The Balaban J connectivity index is 1.59. The van der Waals surface area contributed by atoms with E-state index in [2.05, 4.69) is 20.4 Å². The zero-order valence-electron chi connectivity index (χ0n) is 14.3. The standard InChI is InChI=1S/C19H12F2N4O3/c20-11-5-10(6-12(21)7-11)17-16-18(22-9-23-19(16)28-25-17)24-13-1-2-14-15(8-13)27-4-3-26-14/h1-2,5-9H,3-4H2,(H,22,23,24). The lowest BCUT2D eigenvalue weighted by molar-refractivity contribution is 0.171. The highest BCUT2D eigenvalue weighted by Crippen LogP contribution is 2.36. The third kappa shape index (κ3) is 2.86. The first-order chi connectivity index (χ1) is 13.7. The average Bonchev–Trinajstić information content (AvgIpc) is 3.12. The number of halogens is 2. The summed E-state index contributed by atoms with van der Waals surface area (Å²) in [5.41, 5.74) is 1.32. The Hall–Kier alpha value is -3.75. The van der Waals surface area contributed by atoms with Crippen LogP contribution in [-0.2, 0) is 0 Å². The molecule has 0 spiro atoms. The van der Waals surface area contributed by atoms with Crippen LogP contribution in [0.15, 0.2) is 47.2 Å². The van der Waals surface area contributed by atoms with Crippen molar-refractivity contribution in [3.8, 4) is 22.8 Å². The van der Waals surface area contributed by atoms with Gasteiger partial charge in [0.1, 0.15) is 48.1 Å². The second-order valence-electron chi connectivity index (χ2n) is 6.08. The van der Waals surface area contributed by atoms with E-state index in [1.54, 1.807) is 18.2 Å². The number of nitrogens with one attached hydrogen (secondary N) is 1. The lowest BCUT2D eigenvalue weighted by Gasteiger charge is -2.19. The van der Waals surface area contributed by atoms with Crippen LogP contribution in [0.1, 0.15) is 0 Å². The number of benzene rings is 2. The number of hydrogen-bond donors (Lipinski definition) is 1. The van der Waals surface area contributed by atoms with Gasteiger partial charge in [0, 0.05) is 23.4 Å². The van der Waals surface area contributed by atoms with E-state index in [1.807, 2.05) is 0 Å². The lowest BCUT2D eigenvalue weighted by Crippen LogP contribution is -2.15. The Kier molecular flexibility index (Phi) is 3.78. The Morgan fingerprint density at radius 3 is 2.50 bits per heavy atom. The Morgan fingerprint density at radius 1 is 0.893 bits per heavy atom. The van der Waals surface area contributed by atoms with Gasteiger partial charge >= 0.3 is 0 Å². The first-order valence-corrected chi connectivity index (χ1v) is 8.41. The number of anilines is 2. The van der Waals surface area contributed by atoms with Gasteiger partial charge in [-0.15, -0.1) is 0 Å². The highest BCUT2D eigenvalue weighted by molar-refractivity contribution is 5.98. The van der Waals surface area contributed by atoms with Crippen LogP contribution >= 0.6 is 0 Å². The van der Waals surface area contributed by atoms with Crippen LogP contribution in [0.4, 0.5) is 20.3 Å². The van der Waals surface area contributed by atoms with Gasteiger partial charge in [0.05, 0.1) is 0 Å². The van der Waals surface area contributed by atoms with Crippen LogP contribution in [0.5, 0.6) is 11.5 Å². The summed E-state index contributed by atoms with van der Waals surface area (Å²) in [5.74, 6) is 0.209. The Labute approximate surface area is 156 Å². The number of hydrogen-bond acceptors (Lipinski definition) is 7. The monoisotopic (exact) mass is 382 g/mol. The van der Waals surface area contributed by atoms with Crippen LogP contribution in [0.2, 0.25) is 0 Å². The third-order valence-corrected chi connectivity index (χ3v) is 4.21. The molecule has 3 heterocycles. The summed E-state index contributed by atoms with van der Waals surface area (Å²) in [5, 5.41) is 7.48. The summed E-state index contributed by atoms with van der Waals surface area (Å²) in [6.07, 6.45) is 1.31. The molecule has 0 unspecified atom stereocenters. The van der Waals surface area contributed by atoms with Crippen molar-refractivity contribution in [3.63, 3.8) is 0 Å². The Morgan fingerprint density at radius 2 is 1.68 bits per heavy atom. The van der Waals surface area contributed by atoms with Crippen LogP contribution in [-0.4, -0.2) is 28.3 Å². The number of aromatic nitrogens is 3. The van der Waals surface area contributed by atoms with E-state index < -0.39 is 11.6 Å². The molecule has 0 aliphatic carbocycles. The summed E-state index contributed by atoms with van der Waals surface area (Å²) in [6, 6.07) is 8.48. The largest absolute Gasteiger partial charge is 0.486 e. The average molecular weight is 382 g/mol. The molecule has 5 rings (SSSR count). The molecular formula is C19H12F2N4O3. The molecular weight excluding hydrogens is 370 g/mol. The van der Waals surface area contributed by atoms with Gasteiger partial charge in [-0.25, -0.2) is 13.8 Å². The van der Waals surface area contributed by atoms with Gasteiger partial charge in [-0.3, -0.25) is 0 Å². The van der Waals surface area contributed by atoms with Gasteiger partial charge in [0.15, 0.2) is 11.5 Å². The summed E-state index contributed by atoms with van der Waals surface area (Å²) in [7, 11) is 0. The maximum absolute atomic E-state index is 13.7. The molecule has 0 amide bonds. The van der Waals surface area contributed by atoms with E-state index in [9.17, 15) is 8.78 Å². The molecule has 1 aliphatic rings. The minimum Gasteiger partial charge on any atom is -0.486 e. The second kappa shape index (κ2) is 6.45. The van der Waals surface area contributed by atoms with Crippen molar-refractivity contribution in [1.29, 1.82) is 0 Å². The molecule has 7 nitrogen and oxygen atoms in total. The minimum absolute atomic E-state index is 0.190. The lowest BCUT2D eigenvalue weighted by atomic mass is 10.1. The molecule has 4 aromatic rings. The van der Waals surface area contributed by atoms with Crippen molar-refractivity contribution < 1.29 is 22.8 Å². The molecule has 2 aromatic heterocycles. The molecule has 28 heavy (non-hydrogen) atoms. The molecule has 9 heteroatoms. The molecule has 2 aromatic carbocycles. The van der Waals surface area contributed by atoms with E-state index >= 15 is 0 Å². The zero-order valence-corrected chi connectivity index (χ0v) is 14.3. The summed E-state index contributed by atoms with van der Waals surface area (Å²) in [6.45, 7) is 0.968. The maximum atomic E-state index is 13.7. The van der Waals surface area contributed by atoms with Crippen molar-refractivity contribution >= 4 is 22.6 Å². The van der Waals surface area contributed by atoms with Gasteiger partial charge in [-0.1, -0.05) is 5.16 Å². The topological polar surface area (TPSA) is 82.3 Å². The van der Waals surface area contributed by atoms with E-state index in [0.717, 1.165) is 6.07 Å². The summed E-state index contributed by atoms with van der Waals surface area (Å²) >= 11 is 0.